The van der Waals surface area contributed by atoms with E-state index in [0.29, 0.717) is 40.9 Å². The molecule has 0 bridgehead atoms. The van der Waals surface area contributed by atoms with Crippen LogP contribution in [0.5, 0.6) is 0 Å². The Kier molecular flexibility index (Phi) is 7.15. The van der Waals surface area contributed by atoms with Gasteiger partial charge in [-0.3, -0.25) is 14.4 Å². The van der Waals surface area contributed by atoms with Crippen LogP contribution in [0.4, 0.5) is 11.5 Å². The summed E-state index contributed by atoms with van der Waals surface area (Å²) in [7, 11) is 0. The quantitative estimate of drug-likeness (QED) is 0.327. The van der Waals surface area contributed by atoms with E-state index in [2.05, 4.69) is 31.1 Å². The van der Waals surface area contributed by atoms with Crippen LogP contribution in [-0.4, -0.2) is 30.2 Å². The molecule has 1 aliphatic rings. The minimum absolute atomic E-state index is 0.0758. The zero-order valence-corrected chi connectivity index (χ0v) is 21.3. The third-order valence-electron chi connectivity index (χ3n) is 5.58. The van der Waals surface area contributed by atoms with Crippen LogP contribution < -0.4 is 16.6 Å². The average molecular weight is 491 g/mol. The van der Waals surface area contributed by atoms with E-state index in [1.54, 1.807) is 22.9 Å². The van der Waals surface area contributed by atoms with Gasteiger partial charge in [-0.25, -0.2) is 0 Å². The number of aliphatic imine (C=N–C) groups is 1. The summed E-state index contributed by atoms with van der Waals surface area (Å²) in [6.07, 6.45) is 5.39. The third-order valence-corrected chi connectivity index (χ3v) is 5.84. The van der Waals surface area contributed by atoms with E-state index < -0.39 is 0 Å². The predicted octanol–water partition coefficient (Wildman–Crippen LogP) is 6.01. The zero-order valence-electron chi connectivity index (χ0n) is 20.5. The van der Waals surface area contributed by atoms with Gasteiger partial charge in [-0.05, 0) is 66.4 Å². The van der Waals surface area contributed by atoms with Gasteiger partial charge in [0.25, 0.3) is 5.56 Å². The Morgan fingerprint density at radius 2 is 1.91 bits per heavy atom. The molecule has 7 heteroatoms. The fourth-order valence-corrected chi connectivity index (χ4v) is 4.00. The van der Waals surface area contributed by atoms with Gasteiger partial charge in [0.2, 0.25) is 0 Å². The Hall–Kier alpha value is -3.35. The summed E-state index contributed by atoms with van der Waals surface area (Å²) >= 11 is 6.12. The minimum Gasteiger partial charge on any atom is -0.398 e. The lowest BCUT2D eigenvalue weighted by atomic mass is 9.97. The Balaban J connectivity index is 1.86. The number of nitrogen functional groups attached to an aromatic ring is 1. The molecule has 0 saturated carbocycles. The summed E-state index contributed by atoms with van der Waals surface area (Å²) in [4.78, 5) is 18.5. The molecule has 182 valence electrons. The van der Waals surface area contributed by atoms with E-state index in [0.717, 1.165) is 16.7 Å². The molecule has 0 fully saturated rings. The van der Waals surface area contributed by atoms with Gasteiger partial charge >= 0.3 is 0 Å². The Labute approximate surface area is 211 Å². The standard InChI is InChI=1S/C28H31ClN4O2/c1-5-35-25-13-7-19-15-23(18-6-12-24(30)20(14-18)16-31-17-28(2,3)4)27(34)33(26(19)32-25)22-10-8-21(29)9-11-22/h6-16,25,32H,5,17,30H2,1-4H3. The van der Waals surface area contributed by atoms with E-state index in [1.165, 1.54) is 0 Å². The van der Waals surface area contributed by atoms with Crippen molar-refractivity contribution in [3.63, 3.8) is 0 Å². The van der Waals surface area contributed by atoms with Crippen LogP contribution in [0.1, 0.15) is 38.8 Å². The molecule has 3 aromatic rings. The van der Waals surface area contributed by atoms with Crippen LogP contribution in [-0.2, 0) is 4.74 Å². The van der Waals surface area contributed by atoms with E-state index in [4.69, 9.17) is 22.1 Å². The number of pyridine rings is 1. The molecule has 1 aliphatic heterocycles. The lowest BCUT2D eigenvalue weighted by Gasteiger charge is -2.26. The second kappa shape index (κ2) is 10.1. The molecule has 3 N–H and O–H groups in total. The fourth-order valence-electron chi connectivity index (χ4n) is 3.88. The predicted molar refractivity (Wildman–Crippen MR) is 147 cm³/mol. The van der Waals surface area contributed by atoms with Crippen molar-refractivity contribution in [2.24, 2.45) is 10.4 Å². The number of hydrogen-bond donors (Lipinski definition) is 2. The van der Waals surface area contributed by atoms with Crippen LogP contribution in [0.25, 0.3) is 22.9 Å². The number of ether oxygens (including phenoxy) is 1. The van der Waals surface area contributed by atoms with Gasteiger partial charge in [0.1, 0.15) is 12.0 Å². The first-order valence-electron chi connectivity index (χ1n) is 11.7. The highest BCUT2D eigenvalue weighted by Crippen LogP contribution is 2.30. The van der Waals surface area contributed by atoms with Crippen molar-refractivity contribution >= 4 is 35.4 Å². The number of benzene rings is 2. The molecule has 0 spiro atoms. The van der Waals surface area contributed by atoms with Crippen molar-refractivity contribution in [1.29, 1.82) is 0 Å². The summed E-state index contributed by atoms with van der Waals surface area (Å²) in [5.41, 5.74) is 10.5. The van der Waals surface area contributed by atoms with Crippen molar-refractivity contribution in [2.45, 2.75) is 33.9 Å². The SMILES string of the molecule is CCOC1C=Cc2cc(-c3ccc(N)c(C=NCC(C)(C)C)c3)c(=O)n(-c3ccc(Cl)cc3)c2N1. The molecule has 1 unspecified atom stereocenters. The molecule has 1 atom stereocenters. The maximum Gasteiger partial charge on any atom is 0.264 e. The molecule has 0 radical (unpaired) electrons. The molecule has 4 rings (SSSR count). The minimum atomic E-state index is -0.321. The molecule has 35 heavy (non-hydrogen) atoms. The monoisotopic (exact) mass is 490 g/mol. The highest BCUT2D eigenvalue weighted by molar-refractivity contribution is 6.30. The van der Waals surface area contributed by atoms with Crippen molar-refractivity contribution < 1.29 is 4.74 Å². The van der Waals surface area contributed by atoms with Gasteiger partial charge in [-0.15, -0.1) is 0 Å². The number of anilines is 2. The Morgan fingerprint density at radius 3 is 2.60 bits per heavy atom. The molecule has 0 amide bonds. The van der Waals surface area contributed by atoms with Crippen molar-refractivity contribution in [1.82, 2.24) is 4.57 Å². The van der Waals surface area contributed by atoms with Crippen LogP contribution in [0, 0.1) is 5.41 Å². The van der Waals surface area contributed by atoms with Gasteiger partial charge in [0.15, 0.2) is 0 Å². The van der Waals surface area contributed by atoms with Gasteiger partial charge in [-0.1, -0.05) is 44.5 Å². The number of hydrogen-bond acceptors (Lipinski definition) is 5. The first kappa shape index (κ1) is 24.8. The summed E-state index contributed by atoms with van der Waals surface area (Å²) in [6.45, 7) is 9.56. The smallest absolute Gasteiger partial charge is 0.264 e. The maximum absolute atomic E-state index is 13.9. The number of fused-ring (bicyclic) bond motifs is 1. The molecule has 1 aromatic heterocycles. The van der Waals surface area contributed by atoms with Crippen molar-refractivity contribution in [3.05, 3.63) is 81.1 Å². The number of nitrogens with one attached hydrogen (secondary N) is 1. The number of nitrogens with two attached hydrogens (primary N) is 1. The Morgan fingerprint density at radius 1 is 1.17 bits per heavy atom. The number of aromatic nitrogens is 1. The zero-order chi connectivity index (χ0) is 25.2. The number of nitrogens with zero attached hydrogens (tertiary/aromatic N) is 2. The van der Waals surface area contributed by atoms with E-state index in [1.807, 2.05) is 55.5 Å². The first-order chi connectivity index (χ1) is 16.7. The lowest BCUT2D eigenvalue weighted by Crippen LogP contribution is -2.31. The summed E-state index contributed by atoms with van der Waals surface area (Å²) < 4.78 is 7.40. The molecule has 0 saturated heterocycles. The molecule has 2 aromatic carbocycles. The van der Waals surface area contributed by atoms with E-state index in [-0.39, 0.29) is 17.2 Å². The number of halogens is 1. The normalized spacial score (nSPS) is 15.3. The van der Waals surface area contributed by atoms with E-state index >= 15 is 0 Å². The summed E-state index contributed by atoms with van der Waals surface area (Å²) in [5, 5.41) is 3.94. The molecular formula is C28H31ClN4O2. The Bertz CT molecular complexity index is 1330. The van der Waals surface area contributed by atoms with Gasteiger partial charge < -0.3 is 15.8 Å². The van der Waals surface area contributed by atoms with Gasteiger partial charge in [-0.2, -0.15) is 0 Å². The fraction of sp³-hybridized carbons (Fsp3) is 0.286. The van der Waals surface area contributed by atoms with Gasteiger partial charge in [0.05, 0.1) is 5.69 Å². The van der Waals surface area contributed by atoms with Crippen LogP contribution in [0.3, 0.4) is 0 Å². The van der Waals surface area contributed by atoms with Crippen LogP contribution in [0.15, 0.2) is 64.4 Å². The van der Waals surface area contributed by atoms with Crippen LogP contribution >= 0.6 is 11.6 Å². The highest BCUT2D eigenvalue weighted by atomic mass is 35.5. The summed E-state index contributed by atoms with van der Waals surface area (Å²) in [5.74, 6) is 0.671. The topological polar surface area (TPSA) is 81.6 Å². The first-order valence-corrected chi connectivity index (χ1v) is 12.1. The largest absolute Gasteiger partial charge is 0.398 e. The average Bonchev–Trinajstić information content (AvgIpc) is 2.80. The molecular weight excluding hydrogens is 460 g/mol. The second-order valence-electron chi connectivity index (χ2n) is 9.73. The maximum atomic E-state index is 13.9. The molecule has 6 nitrogen and oxygen atoms in total. The molecule has 0 aliphatic carbocycles. The third kappa shape index (κ3) is 5.66. The van der Waals surface area contributed by atoms with Gasteiger partial charge in [0, 0.05) is 46.8 Å². The number of rotatable bonds is 6. The summed E-state index contributed by atoms with van der Waals surface area (Å²) in [6, 6.07) is 14.7. The highest BCUT2D eigenvalue weighted by Gasteiger charge is 2.21. The molecule has 2 heterocycles. The van der Waals surface area contributed by atoms with Crippen molar-refractivity contribution in [3.8, 4) is 16.8 Å². The van der Waals surface area contributed by atoms with Crippen LogP contribution in [0.2, 0.25) is 5.02 Å². The lowest BCUT2D eigenvalue weighted by molar-refractivity contribution is 0.115. The van der Waals surface area contributed by atoms with Crippen molar-refractivity contribution in [2.75, 3.05) is 24.2 Å². The van der Waals surface area contributed by atoms with E-state index in [9.17, 15) is 4.79 Å². The second-order valence-corrected chi connectivity index (χ2v) is 10.2.